The lowest BCUT2D eigenvalue weighted by Crippen LogP contribution is -2.37. The van der Waals surface area contributed by atoms with E-state index < -0.39 is 0 Å². The highest BCUT2D eigenvalue weighted by atomic mass is 16.3. The normalized spacial score (nSPS) is 14.6. The quantitative estimate of drug-likeness (QED) is 0.607. The van der Waals surface area contributed by atoms with Gasteiger partial charge < -0.3 is 14.2 Å². The summed E-state index contributed by atoms with van der Waals surface area (Å²) < 4.78 is 10.9. The second kappa shape index (κ2) is 9.14. The molecule has 0 fully saturated rings. The summed E-state index contributed by atoms with van der Waals surface area (Å²) in [5, 5.41) is 3.15. The first-order chi connectivity index (χ1) is 14.2. The van der Waals surface area contributed by atoms with Crippen molar-refractivity contribution >= 4 is 5.91 Å². The predicted octanol–water partition coefficient (Wildman–Crippen LogP) is 4.63. The van der Waals surface area contributed by atoms with Crippen LogP contribution in [0.2, 0.25) is 0 Å². The lowest BCUT2D eigenvalue weighted by atomic mass is 9.89. The minimum Gasteiger partial charge on any atom is -0.468 e. The average Bonchev–Trinajstić information content (AvgIpc) is 3.41. The second-order valence-electron chi connectivity index (χ2n) is 7.83. The second-order valence-corrected chi connectivity index (χ2v) is 7.83. The number of benzene rings is 1. The number of hydrogen-bond donors (Lipinski definition) is 1. The van der Waals surface area contributed by atoms with E-state index >= 15 is 0 Å². The maximum atomic E-state index is 12.8. The van der Waals surface area contributed by atoms with Crippen molar-refractivity contribution in [3.8, 4) is 0 Å². The van der Waals surface area contributed by atoms with Gasteiger partial charge >= 0.3 is 0 Å². The molecule has 0 saturated carbocycles. The molecule has 5 heteroatoms. The molecular weight excluding hydrogens is 364 g/mol. The largest absolute Gasteiger partial charge is 0.468 e. The molecule has 0 aliphatic heterocycles. The van der Waals surface area contributed by atoms with Gasteiger partial charge in [0.05, 0.1) is 38.2 Å². The lowest BCUT2D eigenvalue weighted by molar-refractivity contribution is -0.123. The molecule has 2 aromatic heterocycles. The Kier molecular flexibility index (Phi) is 6.15. The van der Waals surface area contributed by atoms with E-state index in [2.05, 4.69) is 23.5 Å². The molecule has 1 aromatic carbocycles. The van der Waals surface area contributed by atoms with Crippen LogP contribution < -0.4 is 5.32 Å². The molecule has 0 saturated heterocycles. The van der Waals surface area contributed by atoms with Gasteiger partial charge in [-0.2, -0.15) is 0 Å². The van der Waals surface area contributed by atoms with E-state index in [0.717, 1.165) is 17.9 Å². The van der Waals surface area contributed by atoms with Crippen LogP contribution in [0.15, 0.2) is 63.8 Å². The minimum atomic E-state index is -0.0243. The number of nitrogens with one attached hydrogen (secondary N) is 1. The first-order valence-corrected chi connectivity index (χ1v) is 10.4. The van der Waals surface area contributed by atoms with Crippen molar-refractivity contribution in [2.45, 2.75) is 51.7 Å². The zero-order valence-electron chi connectivity index (χ0n) is 16.9. The molecule has 0 spiro atoms. The number of carbonyl (C=O) groups excluding carboxylic acids is 1. The topological polar surface area (TPSA) is 58.6 Å². The molecule has 2 heterocycles. The van der Waals surface area contributed by atoms with E-state index in [1.807, 2.05) is 36.1 Å². The Morgan fingerprint density at radius 3 is 2.28 bits per heavy atom. The summed E-state index contributed by atoms with van der Waals surface area (Å²) in [5.74, 6) is 1.65. The maximum Gasteiger partial charge on any atom is 0.234 e. The zero-order chi connectivity index (χ0) is 20.1. The first kappa shape index (κ1) is 19.5. The monoisotopic (exact) mass is 392 g/mol. The highest BCUT2D eigenvalue weighted by Crippen LogP contribution is 2.24. The molecular formula is C24H28N2O3. The Labute approximate surface area is 171 Å². The van der Waals surface area contributed by atoms with E-state index in [4.69, 9.17) is 8.83 Å². The number of hydrogen-bond acceptors (Lipinski definition) is 4. The van der Waals surface area contributed by atoms with Gasteiger partial charge in [-0.05, 0) is 73.6 Å². The third kappa shape index (κ3) is 5.18. The van der Waals surface area contributed by atoms with E-state index in [-0.39, 0.29) is 18.5 Å². The molecule has 1 atom stereocenters. The van der Waals surface area contributed by atoms with Crippen LogP contribution in [0.3, 0.4) is 0 Å². The Hall–Kier alpha value is -2.79. The van der Waals surface area contributed by atoms with Crippen LogP contribution in [0.4, 0.5) is 0 Å². The Morgan fingerprint density at radius 2 is 1.66 bits per heavy atom. The SMILES string of the molecule is C[C@@H](NC(=O)CN(Cc1ccco1)Cc1ccco1)c1ccc2c(c1)CCCC2. The molecule has 29 heavy (non-hydrogen) atoms. The van der Waals surface area contributed by atoms with Crippen LogP contribution in [0.25, 0.3) is 0 Å². The van der Waals surface area contributed by atoms with Crippen molar-refractivity contribution in [3.63, 3.8) is 0 Å². The summed E-state index contributed by atoms with van der Waals surface area (Å²) in [6.45, 7) is 3.42. The number of amides is 1. The van der Waals surface area contributed by atoms with Crippen LogP contribution >= 0.6 is 0 Å². The molecule has 0 bridgehead atoms. The molecule has 152 valence electrons. The summed E-state index contributed by atoms with van der Waals surface area (Å²) in [7, 11) is 0. The molecule has 0 radical (unpaired) electrons. The predicted molar refractivity (Wildman–Crippen MR) is 111 cm³/mol. The number of furan rings is 2. The fourth-order valence-electron chi connectivity index (χ4n) is 4.01. The standard InChI is InChI=1S/C24H28N2O3/c1-18(20-11-10-19-6-2-3-7-21(19)14-20)25-24(27)17-26(15-22-8-4-12-28-22)16-23-9-5-13-29-23/h4-5,8-14,18H,2-3,6-7,15-17H2,1H3,(H,25,27)/t18-/m1/s1. The number of carbonyl (C=O) groups is 1. The summed E-state index contributed by atoms with van der Waals surface area (Å²) in [5.41, 5.74) is 4.07. The molecule has 5 nitrogen and oxygen atoms in total. The van der Waals surface area contributed by atoms with Gasteiger partial charge in [-0.25, -0.2) is 0 Å². The zero-order valence-corrected chi connectivity index (χ0v) is 16.9. The van der Waals surface area contributed by atoms with Crippen LogP contribution in [-0.2, 0) is 30.7 Å². The van der Waals surface area contributed by atoms with Crippen LogP contribution in [-0.4, -0.2) is 17.4 Å². The van der Waals surface area contributed by atoms with Crippen molar-refractivity contribution in [1.82, 2.24) is 10.2 Å². The number of aryl methyl sites for hydroxylation is 2. The van der Waals surface area contributed by atoms with Gasteiger partial charge in [-0.1, -0.05) is 18.2 Å². The van der Waals surface area contributed by atoms with Crippen LogP contribution in [0, 0.1) is 0 Å². The van der Waals surface area contributed by atoms with Gasteiger partial charge in [0.1, 0.15) is 11.5 Å². The van der Waals surface area contributed by atoms with E-state index in [1.165, 1.54) is 36.0 Å². The van der Waals surface area contributed by atoms with Crippen molar-refractivity contribution < 1.29 is 13.6 Å². The number of nitrogens with zero attached hydrogens (tertiary/aromatic N) is 1. The Morgan fingerprint density at radius 1 is 1.00 bits per heavy atom. The molecule has 1 aliphatic rings. The maximum absolute atomic E-state index is 12.8. The summed E-state index contributed by atoms with van der Waals surface area (Å²) in [6.07, 6.45) is 8.15. The fraction of sp³-hybridized carbons (Fsp3) is 0.375. The fourth-order valence-corrected chi connectivity index (χ4v) is 4.01. The van der Waals surface area contributed by atoms with Gasteiger partial charge in [-0.3, -0.25) is 9.69 Å². The first-order valence-electron chi connectivity index (χ1n) is 10.4. The highest BCUT2D eigenvalue weighted by Gasteiger charge is 2.18. The number of fused-ring (bicyclic) bond motifs is 1. The van der Waals surface area contributed by atoms with Crippen LogP contribution in [0.1, 0.15) is 54.0 Å². The lowest BCUT2D eigenvalue weighted by Gasteiger charge is -2.23. The minimum absolute atomic E-state index is 0.00617. The summed E-state index contributed by atoms with van der Waals surface area (Å²) in [4.78, 5) is 14.8. The van der Waals surface area contributed by atoms with E-state index in [9.17, 15) is 4.79 Å². The van der Waals surface area contributed by atoms with E-state index in [1.54, 1.807) is 12.5 Å². The Bertz CT molecular complexity index is 880. The molecule has 4 rings (SSSR count). The molecule has 1 N–H and O–H groups in total. The van der Waals surface area contributed by atoms with Crippen molar-refractivity contribution in [2.24, 2.45) is 0 Å². The summed E-state index contributed by atoms with van der Waals surface area (Å²) >= 11 is 0. The van der Waals surface area contributed by atoms with Gasteiger partial charge in [0.25, 0.3) is 0 Å². The van der Waals surface area contributed by atoms with Gasteiger partial charge in [0.15, 0.2) is 0 Å². The third-order valence-corrected chi connectivity index (χ3v) is 5.54. The molecule has 1 aliphatic carbocycles. The van der Waals surface area contributed by atoms with Gasteiger partial charge in [0, 0.05) is 0 Å². The average molecular weight is 392 g/mol. The van der Waals surface area contributed by atoms with Crippen molar-refractivity contribution in [2.75, 3.05) is 6.54 Å². The smallest absolute Gasteiger partial charge is 0.234 e. The van der Waals surface area contributed by atoms with Crippen molar-refractivity contribution in [1.29, 1.82) is 0 Å². The van der Waals surface area contributed by atoms with Gasteiger partial charge in [0.2, 0.25) is 5.91 Å². The Balaban J connectivity index is 1.39. The molecule has 3 aromatic rings. The molecule has 0 unspecified atom stereocenters. The summed E-state index contributed by atoms with van der Waals surface area (Å²) in [6, 6.07) is 14.2. The van der Waals surface area contributed by atoms with Crippen molar-refractivity contribution in [3.05, 3.63) is 83.2 Å². The van der Waals surface area contributed by atoms with Gasteiger partial charge in [-0.15, -0.1) is 0 Å². The van der Waals surface area contributed by atoms with E-state index in [0.29, 0.717) is 13.1 Å². The number of rotatable bonds is 8. The third-order valence-electron chi connectivity index (χ3n) is 5.54. The highest BCUT2D eigenvalue weighted by molar-refractivity contribution is 5.78. The van der Waals surface area contributed by atoms with Crippen LogP contribution in [0.5, 0.6) is 0 Å². The molecule has 1 amide bonds.